The Labute approximate surface area is 123 Å². The van der Waals surface area contributed by atoms with Gasteiger partial charge in [-0.2, -0.15) is 9.29 Å². The van der Waals surface area contributed by atoms with E-state index in [4.69, 9.17) is 25.3 Å². The molecule has 1 aromatic rings. The molecule has 0 atom stereocenters. The molecular formula is C7H13N5O8P2. The molecule has 0 bridgehead atoms. The van der Waals surface area contributed by atoms with Crippen LogP contribution in [0.15, 0.2) is 9.79 Å². The first-order valence-electron chi connectivity index (χ1n) is 5.35. The standard InChI is InChI=1S/C7H9N5O.H4O7P2/c1-12-3-2-9-5-4(12)6(13)11-7(8)10-5;1-8(2,3)7-9(4,5)6/h2H,3H2,1H3,(H3,8,10,11,13);(H2,1,2,3)(H2,4,5,6). The van der Waals surface area contributed by atoms with Gasteiger partial charge in [0.2, 0.25) is 5.95 Å². The highest BCUT2D eigenvalue weighted by Gasteiger charge is 2.27. The van der Waals surface area contributed by atoms with Crippen molar-refractivity contribution in [2.75, 3.05) is 24.2 Å². The number of phosphoric acid groups is 2. The first kappa shape index (κ1) is 18.5. The monoisotopic (exact) mass is 357 g/mol. The molecule has 2 rings (SSSR count). The zero-order valence-electron chi connectivity index (χ0n) is 11.0. The number of fused-ring (bicyclic) bond motifs is 1. The Hall–Kier alpha value is -1.59. The van der Waals surface area contributed by atoms with Crippen LogP contribution in [0.3, 0.4) is 0 Å². The fourth-order valence-corrected chi connectivity index (χ4v) is 2.49. The second kappa shape index (κ2) is 6.67. The Balaban J connectivity index is 0.000000239. The molecule has 1 aliphatic heterocycles. The van der Waals surface area contributed by atoms with Crippen molar-refractivity contribution in [3.05, 3.63) is 10.4 Å². The molecule has 7 N–H and O–H groups in total. The van der Waals surface area contributed by atoms with E-state index in [0.717, 1.165) is 0 Å². The number of aromatic amines is 1. The zero-order valence-corrected chi connectivity index (χ0v) is 12.8. The summed E-state index contributed by atoms with van der Waals surface area (Å²) in [4.78, 5) is 54.5. The quantitative estimate of drug-likeness (QED) is 0.342. The van der Waals surface area contributed by atoms with Crippen LogP contribution in [0, 0.1) is 0 Å². The topological polar surface area (TPSA) is 212 Å². The third kappa shape index (κ3) is 6.03. The first-order valence-corrected chi connectivity index (χ1v) is 8.41. The van der Waals surface area contributed by atoms with E-state index in [-0.39, 0.29) is 11.5 Å². The predicted octanol–water partition coefficient (Wildman–Crippen LogP) is -1.31. The molecule has 0 amide bonds. The summed E-state index contributed by atoms with van der Waals surface area (Å²) in [6, 6.07) is 0. The minimum Gasteiger partial charge on any atom is -0.369 e. The molecule has 0 saturated heterocycles. The van der Waals surface area contributed by atoms with Crippen LogP contribution in [0.2, 0.25) is 0 Å². The smallest absolute Gasteiger partial charge is 0.369 e. The van der Waals surface area contributed by atoms with Crippen LogP contribution in [-0.4, -0.2) is 49.3 Å². The summed E-state index contributed by atoms with van der Waals surface area (Å²) in [5.41, 5.74) is 5.59. The number of nitrogens with one attached hydrogen (secondary N) is 1. The van der Waals surface area contributed by atoms with Crippen molar-refractivity contribution in [2.24, 2.45) is 4.99 Å². The largest absolute Gasteiger partial charge is 0.478 e. The Kier molecular flexibility index (Phi) is 5.59. The average Bonchev–Trinajstić information content (AvgIpc) is 2.23. The maximum Gasteiger partial charge on any atom is 0.478 e. The number of aromatic nitrogens is 2. The molecule has 2 heterocycles. The summed E-state index contributed by atoms with van der Waals surface area (Å²) in [5, 5.41) is 0. The molecule has 13 nitrogen and oxygen atoms in total. The molecule has 0 aromatic carbocycles. The van der Waals surface area contributed by atoms with Gasteiger partial charge in [0, 0.05) is 13.3 Å². The van der Waals surface area contributed by atoms with E-state index in [1.807, 2.05) is 0 Å². The van der Waals surface area contributed by atoms with Crippen LogP contribution in [0.4, 0.5) is 17.5 Å². The van der Waals surface area contributed by atoms with E-state index in [2.05, 4.69) is 19.3 Å². The van der Waals surface area contributed by atoms with Gasteiger partial charge < -0.3 is 30.2 Å². The minimum absolute atomic E-state index is 0.0937. The lowest BCUT2D eigenvalue weighted by molar-refractivity contribution is 0.225. The molecule has 0 spiro atoms. The molecule has 124 valence electrons. The Morgan fingerprint density at radius 1 is 1.32 bits per heavy atom. The van der Waals surface area contributed by atoms with Crippen molar-refractivity contribution in [3.63, 3.8) is 0 Å². The lowest BCUT2D eigenvalue weighted by atomic mass is 10.3. The van der Waals surface area contributed by atoms with Crippen LogP contribution >= 0.6 is 15.6 Å². The summed E-state index contributed by atoms with van der Waals surface area (Å²) in [6.07, 6.45) is 1.69. The van der Waals surface area contributed by atoms with Crippen molar-refractivity contribution in [1.29, 1.82) is 0 Å². The van der Waals surface area contributed by atoms with E-state index in [1.165, 1.54) is 0 Å². The summed E-state index contributed by atoms with van der Waals surface area (Å²) < 4.78 is 22.2. The highest BCUT2D eigenvalue weighted by atomic mass is 31.3. The van der Waals surface area contributed by atoms with E-state index < -0.39 is 15.6 Å². The highest BCUT2D eigenvalue weighted by molar-refractivity contribution is 7.60. The highest BCUT2D eigenvalue weighted by Crippen LogP contribution is 2.53. The van der Waals surface area contributed by atoms with E-state index in [9.17, 15) is 13.9 Å². The molecule has 22 heavy (non-hydrogen) atoms. The Morgan fingerprint density at radius 2 is 1.86 bits per heavy atom. The molecule has 0 fully saturated rings. The number of nitrogens with two attached hydrogens (primary N) is 1. The number of H-pyrrole nitrogens is 1. The average molecular weight is 357 g/mol. The number of nitrogen functional groups attached to an aromatic ring is 1. The fourth-order valence-electron chi connectivity index (χ4n) is 1.39. The van der Waals surface area contributed by atoms with Gasteiger partial charge in [-0.05, 0) is 0 Å². The van der Waals surface area contributed by atoms with Crippen molar-refractivity contribution < 1.29 is 33.0 Å². The van der Waals surface area contributed by atoms with E-state index >= 15 is 0 Å². The second-order valence-corrected chi connectivity index (χ2v) is 6.49. The molecular weight excluding hydrogens is 344 g/mol. The van der Waals surface area contributed by atoms with Crippen molar-refractivity contribution in [2.45, 2.75) is 0 Å². The number of hydrogen-bond donors (Lipinski definition) is 6. The number of rotatable bonds is 2. The molecule has 0 radical (unpaired) electrons. The molecule has 1 aliphatic rings. The van der Waals surface area contributed by atoms with Gasteiger partial charge in [-0.25, -0.2) is 14.1 Å². The summed E-state index contributed by atoms with van der Waals surface area (Å²) in [7, 11) is -8.30. The molecule has 1 aromatic heterocycles. The Bertz CT molecular complexity index is 700. The molecule has 0 aliphatic carbocycles. The maximum atomic E-state index is 11.4. The maximum absolute atomic E-state index is 11.4. The first-order chi connectivity index (χ1) is 9.89. The summed E-state index contributed by atoms with van der Waals surface area (Å²) in [5.74, 6) is 0.478. The lowest BCUT2D eigenvalue weighted by Crippen LogP contribution is -2.29. The van der Waals surface area contributed by atoms with Gasteiger partial charge in [0.05, 0.1) is 6.54 Å². The van der Waals surface area contributed by atoms with E-state index in [0.29, 0.717) is 18.1 Å². The van der Waals surface area contributed by atoms with Gasteiger partial charge in [-0.1, -0.05) is 0 Å². The normalized spacial score (nSPS) is 14.1. The van der Waals surface area contributed by atoms with Crippen molar-refractivity contribution in [1.82, 2.24) is 9.97 Å². The lowest BCUT2D eigenvalue weighted by Gasteiger charge is -2.20. The number of anilines is 2. The summed E-state index contributed by atoms with van der Waals surface area (Å²) in [6.45, 7) is 0.613. The van der Waals surface area contributed by atoms with E-state index in [1.54, 1.807) is 18.2 Å². The molecule has 0 unspecified atom stereocenters. The van der Waals surface area contributed by atoms with Gasteiger partial charge >= 0.3 is 15.6 Å². The third-order valence-electron chi connectivity index (χ3n) is 2.06. The van der Waals surface area contributed by atoms with Crippen LogP contribution in [0.5, 0.6) is 0 Å². The van der Waals surface area contributed by atoms with Crippen LogP contribution in [-0.2, 0) is 13.4 Å². The Morgan fingerprint density at radius 3 is 2.32 bits per heavy atom. The number of hydrogen-bond acceptors (Lipinski definition) is 8. The van der Waals surface area contributed by atoms with Crippen molar-refractivity contribution >= 4 is 39.3 Å². The van der Waals surface area contributed by atoms with Crippen LogP contribution < -0.4 is 16.2 Å². The number of aliphatic imine (C=N–C) groups is 1. The van der Waals surface area contributed by atoms with Gasteiger partial charge in [-0.15, -0.1) is 0 Å². The molecule has 15 heteroatoms. The van der Waals surface area contributed by atoms with Gasteiger partial charge in [0.1, 0.15) is 5.69 Å². The summed E-state index contributed by atoms with van der Waals surface area (Å²) >= 11 is 0. The van der Waals surface area contributed by atoms with Gasteiger partial charge in [0.15, 0.2) is 5.82 Å². The second-order valence-electron chi connectivity index (χ2n) is 3.88. The third-order valence-corrected chi connectivity index (χ3v) is 3.76. The van der Waals surface area contributed by atoms with Crippen LogP contribution in [0.1, 0.15) is 0 Å². The minimum atomic E-state index is -5.05. The fraction of sp³-hybridized carbons (Fsp3) is 0.286. The van der Waals surface area contributed by atoms with Gasteiger partial charge in [0.25, 0.3) is 5.56 Å². The number of nitrogens with zero attached hydrogens (tertiary/aromatic N) is 3. The van der Waals surface area contributed by atoms with Gasteiger partial charge in [-0.3, -0.25) is 9.78 Å². The SMILES string of the molecule is CN1CC=Nc2nc(N)[nH]c(=O)c21.O=P(O)(O)OP(=O)(O)O. The predicted molar refractivity (Wildman–Crippen MR) is 75.9 cm³/mol. The van der Waals surface area contributed by atoms with Crippen molar-refractivity contribution in [3.8, 4) is 0 Å². The van der Waals surface area contributed by atoms with Crippen LogP contribution in [0.25, 0.3) is 0 Å². The molecule has 0 saturated carbocycles. The zero-order chi connectivity index (χ0) is 17.1.